The van der Waals surface area contributed by atoms with Gasteiger partial charge < -0.3 is 19.5 Å². The number of fused-ring (bicyclic) bond motifs is 3. The highest BCUT2D eigenvalue weighted by atomic mass is 35.5. The van der Waals surface area contributed by atoms with Crippen LogP contribution >= 0.6 is 11.6 Å². The Morgan fingerprint density at radius 3 is 2.74 bits per heavy atom. The minimum Gasteiger partial charge on any atom is -0.493 e. The van der Waals surface area contributed by atoms with Gasteiger partial charge in [0.1, 0.15) is 11.3 Å². The van der Waals surface area contributed by atoms with Crippen molar-refractivity contribution in [2.75, 3.05) is 25.6 Å². The van der Waals surface area contributed by atoms with Gasteiger partial charge >= 0.3 is 11.9 Å². The highest BCUT2D eigenvalue weighted by Crippen LogP contribution is 2.51. The maximum Gasteiger partial charge on any atom is 0.339 e. The lowest BCUT2D eigenvalue weighted by Gasteiger charge is -2.31. The Bertz CT molecular complexity index is 1150. The van der Waals surface area contributed by atoms with Gasteiger partial charge in [-0.25, -0.2) is 4.79 Å². The number of aryl methyl sites for hydroxylation is 1. The molecule has 180 valence electrons. The Kier molecular flexibility index (Phi) is 6.55. The lowest BCUT2D eigenvalue weighted by Crippen LogP contribution is -2.55. The quantitative estimate of drug-likeness (QED) is 0.621. The van der Waals surface area contributed by atoms with Crippen LogP contribution in [0, 0.1) is 18.8 Å². The van der Waals surface area contributed by atoms with E-state index < -0.39 is 35.3 Å². The molecule has 2 aromatic rings. The molecule has 4 atom stereocenters. The number of halogens is 1. The van der Waals surface area contributed by atoms with Crippen LogP contribution < -0.4 is 15.4 Å². The van der Waals surface area contributed by atoms with E-state index in [1.54, 1.807) is 44.2 Å². The van der Waals surface area contributed by atoms with E-state index in [1.165, 1.54) is 7.11 Å². The standard InChI is InChI=1S/C25H27ClN2O6/c1-5-33-23(30)20-15-12-34-18-8-6-7-16(26)19(18)21(15)28-25(20,3)24(31)27-17-11-13(2)9-10-14(17)22(29)32-4/h6-11,15,20-21,28H,5,12H2,1-4H3,(H,27,31)/t15-,20+,21?,25+/m1/s1. The van der Waals surface area contributed by atoms with Gasteiger partial charge in [-0.2, -0.15) is 0 Å². The summed E-state index contributed by atoms with van der Waals surface area (Å²) in [5, 5.41) is 6.68. The zero-order chi connectivity index (χ0) is 24.6. The summed E-state index contributed by atoms with van der Waals surface area (Å²) in [5.41, 5.74) is 0.689. The Balaban J connectivity index is 1.74. The molecule has 9 heteroatoms. The highest BCUT2D eigenvalue weighted by molar-refractivity contribution is 6.31. The molecule has 2 aliphatic heterocycles. The number of nitrogens with one attached hydrogen (secondary N) is 2. The summed E-state index contributed by atoms with van der Waals surface area (Å²) in [4.78, 5) is 39.2. The first-order valence-electron chi connectivity index (χ1n) is 11.1. The number of methoxy groups -OCH3 is 1. The zero-order valence-electron chi connectivity index (χ0n) is 19.4. The molecular formula is C25H27ClN2O6. The molecule has 2 N–H and O–H groups in total. The molecule has 0 bridgehead atoms. The minimum absolute atomic E-state index is 0.174. The first kappa shape index (κ1) is 24.0. The van der Waals surface area contributed by atoms with E-state index in [2.05, 4.69) is 10.6 Å². The predicted octanol–water partition coefficient (Wildman–Crippen LogP) is 3.66. The largest absolute Gasteiger partial charge is 0.493 e. The molecule has 0 aliphatic carbocycles. The van der Waals surface area contributed by atoms with Crippen LogP contribution in [-0.4, -0.2) is 43.7 Å². The van der Waals surface area contributed by atoms with Gasteiger partial charge in [-0.1, -0.05) is 23.7 Å². The van der Waals surface area contributed by atoms with Crippen molar-refractivity contribution in [3.8, 4) is 5.75 Å². The van der Waals surface area contributed by atoms with Crippen molar-refractivity contribution >= 4 is 35.1 Å². The molecule has 34 heavy (non-hydrogen) atoms. The van der Waals surface area contributed by atoms with E-state index in [9.17, 15) is 14.4 Å². The van der Waals surface area contributed by atoms with Crippen molar-refractivity contribution in [2.24, 2.45) is 11.8 Å². The maximum atomic E-state index is 13.8. The van der Waals surface area contributed by atoms with E-state index >= 15 is 0 Å². The molecule has 2 aliphatic rings. The van der Waals surface area contributed by atoms with E-state index in [-0.39, 0.29) is 24.7 Å². The number of hydrogen-bond acceptors (Lipinski definition) is 7. The monoisotopic (exact) mass is 486 g/mol. The Hall–Kier alpha value is -3.10. The van der Waals surface area contributed by atoms with Gasteiger partial charge in [0.05, 0.1) is 37.5 Å². The number of carbonyl (C=O) groups excluding carboxylic acids is 3. The molecule has 4 rings (SSSR count). The van der Waals surface area contributed by atoms with Gasteiger partial charge in [-0.15, -0.1) is 0 Å². The molecule has 0 spiro atoms. The SMILES string of the molecule is CCOC(=O)[C@@H]1[C@H]2COc3cccc(Cl)c3C2N[C@]1(C)C(=O)Nc1cc(C)ccc1C(=O)OC. The molecule has 1 amide bonds. The number of benzene rings is 2. The smallest absolute Gasteiger partial charge is 0.339 e. The summed E-state index contributed by atoms with van der Waals surface area (Å²) in [6.45, 7) is 5.61. The Morgan fingerprint density at radius 1 is 1.26 bits per heavy atom. The summed E-state index contributed by atoms with van der Waals surface area (Å²) in [6.07, 6.45) is 0. The van der Waals surface area contributed by atoms with Crippen LogP contribution in [0.3, 0.4) is 0 Å². The predicted molar refractivity (Wildman–Crippen MR) is 126 cm³/mol. The average Bonchev–Trinajstić information content (AvgIpc) is 3.12. The third-order valence-corrected chi connectivity index (χ3v) is 6.86. The van der Waals surface area contributed by atoms with Gasteiger partial charge in [-0.3, -0.25) is 14.9 Å². The molecule has 1 fully saturated rings. The second-order valence-electron chi connectivity index (χ2n) is 8.68. The van der Waals surface area contributed by atoms with Crippen molar-refractivity contribution in [1.82, 2.24) is 5.32 Å². The van der Waals surface area contributed by atoms with Gasteiger partial charge in [0.15, 0.2) is 0 Å². The van der Waals surface area contributed by atoms with Crippen LogP contribution in [0.15, 0.2) is 36.4 Å². The molecule has 0 saturated carbocycles. The maximum absolute atomic E-state index is 13.8. The number of esters is 2. The van der Waals surface area contributed by atoms with Crippen LogP contribution in [0.2, 0.25) is 5.02 Å². The topological polar surface area (TPSA) is 103 Å². The molecule has 1 saturated heterocycles. The minimum atomic E-state index is -1.37. The summed E-state index contributed by atoms with van der Waals surface area (Å²) >= 11 is 6.50. The fourth-order valence-electron chi connectivity index (χ4n) is 4.90. The second kappa shape index (κ2) is 9.27. The fourth-order valence-corrected chi connectivity index (χ4v) is 5.18. The van der Waals surface area contributed by atoms with Crippen LogP contribution in [0.4, 0.5) is 5.69 Å². The molecular weight excluding hydrogens is 460 g/mol. The lowest BCUT2D eigenvalue weighted by molar-refractivity contribution is -0.154. The van der Waals surface area contributed by atoms with Crippen molar-refractivity contribution < 1.29 is 28.6 Å². The second-order valence-corrected chi connectivity index (χ2v) is 9.08. The third-order valence-electron chi connectivity index (χ3n) is 6.53. The number of hydrogen-bond donors (Lipinski definition) is 2. The van der Waals surface area contributed by atoms with Gasteiger partial charge in [0.2, 0.25) is 5.91 Å². The first-order valence-corrected chi connectivity index (χ1v) is 11.4. The highest BCUT2D eigenvalue weighted by Gasteiger charge is 2.60. The van der Waals surface area contributed by atoms with Gasteiger partial charge in [0.25, 0.3) is 0 Å². The van der Waals surface area contributed by atoms with Crippen LogP contribution in [0.25, 0.3) is 0 Å². The summed E-state index contributed by atoms with van der Waals surface area (Å²) < 4.78 is 16.1. The van der Waals surface area contributed by atoms with Gasteiger partial charge in [-0.05, 0) is 50.6 Å². The molecule has 0 radical (unpaired) electrons. The molecule has 2 aromatic carbocycles. The van der Waals surface area contributed by atoms with Crippen LogP contribution in [0.5, 0.6) is 5.75 Å². The number of rotatable bonds is 5. The average molecular weight is 487 g/mol. The molecule has 1 unspecified atom stereocenters. The van der Waals surface area contributed by atoms with Gasteiger partial charge in [0, 0.05) is 22.5 Å². The zero-order valence-corrected chi connectivity index (χ0v) is 20.2. The molecule has 8 nitrogen and oxygen atoms in total. The fraction of sp³-hybridized carbons (Fsp3) is 0.400. The molecule has 2 heterocycles. The van der Waals surface area contributed by atoms with Crippen molar-refractivity contribution in [2.45, 2.75) is 32.4 Å². The van der Waals surface area contributed by atoms with E-state index in [4.69, 9.17) is 25.8 Å². The number of amides is 1. The van der Waals surface area contributed by atoms with Crippen LogP contribution in [0.1, 0.15) is 41.4 Å². The number of anilines is 1. The Morgan fingerprint density at radius 2 is 2.03 bits per heavy atom. The van der Waals surface area contributed by atoms with E-state index in [0.717, 1.165) is 5.56 Å². The summed E-state index contributed by atoms with van der Waals surface area (Å²) in [7, 11) is 1.27. The first-order chi connectivity index (χ1) is 16.2. The van der Waals surface area contributed by atoms with Crippen LogP contribution in [-0.2, 0) is 19.1 Å². The van der Waals surface area contributed by atoms with Crippen molar-refractivity contribution in [1.29, 1.82) is 0 Å². The Labute approximate surface area is 202 Å². The number of carbonyl (C=O) groups is 3. The third kappa shape index (κ3) is 4.01. The van der Waals surface area contributed by atoms with Crippen molar-refractivity contribution in [3.63, 3.8) is 0 Å². The molecule has 0 aromatic heterocycles. The lowest BCUT2D eigenvalue weighted by atomic mass is 9.77. The van der Waals surface area contributed by atoms with E-state index in [0.29, 0.717) is 22.0 Å². The summed E-state index contributed by atoms with van der Waals surface area (Å²) in [5.74, 6) is -2.20. The van der Waals surface area contributed by atoms with Crippen molar-refractivity contribution in [3.05, 3.63) is 58.1 Å². The number of ether oxygens (including phenoxy) is 3. The summed E-state index contributed by atoms with van der Waals surface area (Å²) in [6, 6.07) is 9.97. The van der Waals surface area contributed by atoms with E-state index in [1.807, 2.05) is 13.0 Å². The normalized spacial score (nSPS) is 24.9.